The third-order valence-electron chi connectivity index (χ3n) is 7.30. The molecular weight excluding hydrogens is 630 g/mol. The molecule has 12 nitrogen and oxygen atoms in total. The fourth-order valence-corrected chi connectivity index (χ4v) is 5.76. The fourth-order valence-electron chi connectivity index (χ4n) is 4.99. The van der Waals surface area contributed by atoms with Gasteiger partial charge in [-0.1, -0.05) is 53.5 Å². The van der Waals surface area contributed by atoms with Gasteiger partial charge in [-0.2, -0.15) is 0 Å². The predicted octanol–water partition coefficient (Wildman–Crippen LogP) is 5.52. The van der Waals surface area contributed by atoms with Crippen LogP contribution < -0.4 is 32.7 Å². The number of aliphatic hydroxyl groups is 1. The molecule has 1 unspecified atom stereocenters. The van der Waals surface area contributed by atoms with Gasteiger partial charge in [0.05, 0.1) is 45.3 Å². The van der Waals surface area contributed by atoms with Crippen LogP contribution in [0.15, 0.2) is 17.7 Å². The van der Waals surface area contributed by atoms with Crippen LogP contribution in [0.25, 0.3) is 0 Å². The minimum atomic E-state index is -0.257. The van der Waals surface area contributed by atoms with E-state index in [4.69, 9.17) is 30.8 Å². The lowest BCUT2D eigenvalue weighted by molar-refractivity contribution is 0.0109. The highest BCUT2D eigenvalue weighted by molar-refractivity contribution is 7.13. The Hall–Kier alpha value is -2.00. The second kappa shape index (κ2) is 34.8. The molecule has 1 heterocycles. The SMILES string of the molecule is C=C(C)NCCCC(N)(CCCN)CCCNC(=O)NCCOCCOCCOCc1csc(NC2CCCCC2)n1.CC.CC.CO. The summed E-state index contributed by atoms with van der Waals surface area (Å²) in [5.41, 5.74) is 14.0. The van der Waals surface area contributed by atoms with Gasteiger partial charge in [0.1, 0.15) is 0 Å². The lowest BCUT2D eigenvalue weighted by Gasteiger charge is -2.30. The van der Waals surface area contributed by atoms with Crippen LogP contribution in [0, 0.1) is 0 Å². The van der Waals surface area contributed by atoms with E-state index in [9.17, 15) is 4.79 Å². The number of carbonyl (C=O) groups excluding carboxylic acids is 1. The van der Waals surface area contributed by atoms with Crippen LogP contribution in [0.3, 0.4) is 0 Å². The Kier molecular flexibility index (Phi) is 34.9. The van der Waals surface area contributed by atoms with Gasteiger partial charge in [0.25, 0.3) is 0 Å². The van der Waals surface area contributed by atoms with Crippen LogP contribution in [-0.4, -0.2) is 94.0 Å². The zero-order valence-corrected chi connectivity index (χ0v) is 32.1. The molecule has 0 radical (unpaired) electrons. The number of aliphatic hydroxyl groups excluding tert-OH is 1. The maximum Gasteiger partial charge on any atom is 0.314 e. The van der Waals surface area contributed by atoms with Crippen molar-refractivity contribution in [1.82, 2.24) is 20.9 Å². The molecule has 0 bridgehead atoms. The lowest BCUT2D eigenvalue weighted by atomic mass is 9.85. The number of thiazole rings is 1. The Balaban J connectivity index is 0. The first-order valence-electron chi connectivity index (χ1n) is 18.2. The highest BCUT2D eigenvalue weighted by Gasteiger charge is 2.23. The van der Waals surface area contributed by atoms with E-state index >= 15 is 0 Å². The second-order valence-corrected chi connectivity index (χ2v) is 12.1. The second-order valence-electron chi connectivity index (χ2n) is 11.3. The highest BCUT2D eigenvalue weighted by atomic mass is 32.1. The van der Waals surface area contributed by atoms with Gasteiger partial charge in [-0.15, -0.1) is 11.3 Å². The molecule has 2 rings (SSSR count). The molecule has 1 aromatic heterocycles. The third-order valence-corrected chi connectivity index (χ3v) is 8.13. The molecular formula is C35H73N7O5S. The van der Waals surface area contributed by atoms with Gasteiger partial charge in [0.15, 0.2) is 5.13 Å². The van der Waals surface area contributed by atoms with Crippen molar-refractivity contribution in [3.05, 3.63) is 23.3 Å². The van der Waals surface area contributed by atoms with Gasteiger partial charge >= 0.3 is 6.03 Å². The van der Waals surface area contributed by atoms with Gasteiger partial charge in [-0.05, 0) is 64.8 Å². The highest BCUT2D eigenvalue weighted by Crippen LogP contribution is 2.24. The summed E-state index contributed by atoms with van der Waals surface area (Å²) in [6.45, 7) is 19.2. The first-order chi connectivity index (χ1) is 23.4. The van der Waals surface area contributed by atoms with E-state index in [0.717, 1.165) is 68.7 Å². The number of nitrogens with one attached hydrogen (secondary N) is 4. The van der Waals surface area contributed by atoms with Crippen molar-refractivity contribution in [2.45, 2.75) is 123 Å². The molecule has 0 saturated heterocycles. The summed E-state index contributed by atoms with van der Waals surface area (Å²) in [5, 5.41) is 22.6. The number of nitrogens with two attached hydrogens (primary N) is 2. The van der Waals surface area contributed by atoms with Gasteiger partial charge in [-0.25, -0.2) is 9.78 Å². The smallest absolute Gasteiger partial charge is 0.314 e. The first kappa shape index (κ1) is 48.1. The summed E-state index contributed by atoms with van der Waals surface area (Å²) in [6, 6.07) is 0.367. The van der Waals surface area contributed by atoms with E-state index in [1.165, 1.54) is 32.1 Å². The topological polar surface area (TPSA) is 178 Å². The van der Waals surface area contributed by atoms with Crippen LogP contribution >= 0.6 is 11.3 Å². The number of rotatable bonds is 25. The van der Waals surface area contributed by atoms with E-state index in [0.29, 0.717) is 65.3 Å². The fraction of sp³-hybridized carbons (Fsp3) is 0.829. The van der Waals surface area contributed by atoms with E-state index < -0.39 is 0 Å². The van der Waals surface area contributed by atoms with E-state index in [2.05, 4.69) is 38.2 Å². The average Bonchev–Trinajstić information content (AvgIpc) is 3.56. The normalized spacial score (nSPS) is 13.7. The number of urea groups is 1. The van der Waals surface area contributed by atoms with E-state index in [-0.39, 0.29) is 11.6 Å². The molecule has 1 fully saturated rings. The molecule has 0 aliphatic heterocycles. The molecule has 1 saturated carbocycles. The maximum absolute atomic E-state index is 12.1. The largest absolute Gasteiger partial charge is 0.400 e. The third kappa shape index (κ3) is 27.9. The van der Waals surface area contributed by atoms with Crippen molar-refractivity contribution in [1.29, 1.82) is 0 Å². The summed E-state index contributed by atoms with van der Waals surface area (Å²) in [7, 11) is 1.00. The number of allylic oxidation sites excluding steroid dienone is 1. The number of carbonyl (C=O) groups is 1. The number of amides is 2. The molecule has 1 aromatic rings. The van der Waals surface area contributed by atoms with Crippen molar-refractivity contribution >= 4 is 22.5 Å². The van der Waals surface area contributed by atoms with Crippen LogP contribution in [0.2, 0.25) is 0 Å². The molecule has 1 aliphatic carbocycles. The molecule has 13 heteroatoms. The number of ether oxygens (including phenoxy) is 3. The molecule has 0 aromatic carbocycles. The van der Waals surface area contributed by atoms with Crippen molar-refractivity contribution in [3.8, 4) is 0 Å². The van der Waals surface area contributed by atoms with E-state index in [1.54, 1.807) is 11.3 Å². The quantitative estimate of drug-likeness (QED) is 0.0642. The summed E-state index contributed by atoms with van der Waals surface area (Å²) in [4.78, 5) is 16.7. The molecule has 48 heavy (non-hydrogen) atoms. The van der Waals surface area contributed by atoms with E-state index in [1.807, 2.05) is 34.6 Å². The molecule has 9 N–H and O–H groups in total. The lowest BCUT2D eigenvalue weighted by Crippen LogP contribution is -2.42. The summed E-state index contributed by atoms with van der Waals surface area (Å²) in [6.07, 6.45) is 11.8. The number of nitrogens with zero attached hydrogens (tertiary/aromatic N) is 1. The average molecular weight is 704 g/mol. The summed E-state index contributed by atoms with van der Waals surface area (Å²) >= 11 is 1.65. The number of hydrogen-bond acceptors (Lipinski definition) is 11. The first-order valence-corrected chi connectivity index (χ1v) is 19.1. The molecule has 284 valence electrons. The van der Waals surface area contributed by atoms with Crippen molar-refractivity contribution in [2.24, 2.45) is 11.5 Å². The summed E-state index contributed by atoms with van der Waals surface area (Å²) in [5.74, 6) is 0. The van der Waals surface area contributed by atoms with Crippen LogP contribution in [-0.2, 0) is 20.8 Å². The molecule has 1 atom stereocenters. The van der Waals surface area contributed by atoms with Gasteiger partial charge in [0, 0.05) is 49.4 Å². The minimum absolute atomic E-state index is 0.195. The maximum atomic E-state index is 12.1. The zero-order chi connectivity index (χ0) is 36.3. The van der Waals surface area contributed by atoms with Gasteiger partial charge < -0.3 is 52.1 Å². The van der Waals surface area contributed by atoms with Gasteiger partial charge in [0.2, 0.25) is 0 Å². The number of anilines is 1. The van der Waals surface area contributed by atoms with Crippen molar-refractivity contribution < 1.29 is 24.1 Å². The van der Waals surface area contributed by atoms with Crippen LogP contribution in [0.4, 0.5) is 9.93 Å². The monoisotopic (exact) mass is 704 g/mol. The minimum Gasteiger partial charge on any atom is -0.400 e. The Morgan fingerprint density at radius 2 is 1.44 bits per heavy atom. The standard InChI is InChI=1S/C30H57N7O4S.2C2H6.CH4O/c1-25(2)33-15-7-12-30(32,11-6-14-31)13-8-16-34-28(38)35-17-18-39-19-20-40-21-22-41-23-27-24-42-29(37-27)36-26-9-4-3-5-10-26;3*1-2/h24,26,33H,1,3-23,31-32H2,2H3,(H,36,37)(H2,34,35,38);2*1-2H3;2H,1H3. The molecule has 0 spiro atoms. The predicted molar refractivity (Wildman–Crippen MR) is 203 cm³/mol. The number of hydrogen-bond donors (Lipinski definition) is 7. The van der Waals surface area contributed by atoms with Crippen LogP contribution in [0.1, 0.15) is 111 Å². The van der Waals surface area contributed by atoms with Crippen molar-refractivity contribution in [2.75, 3.05) is 71.6 Å². The van der Waals surface area contributed by atoms with Gasteiger partial charge in [-0.3, -0.25) is 0 Å². The Labute approximate surface area is 296 Å². The Morgan fingerprint density at radius 1 is 0.896 bits per heavy atom. The van der Waals surface area contributed by atoms with Crippen molar-refractivity contribution in [3.63, 3.8) is 0 Å². The number of aromatic nitrogens is 1. The molecule has 2 amide bonds. The Bertz CT molecular complexity index is 859. The molecule has 1 aliphatic rings. The zero-order valence-electron chi connectivity index (χ0n) is 31.3. The van der Waals surface area contributed by atoms with Crippen LogP contribution in [0.5, 0.6) is 0 Å². The summed E-state index contributed by atoms with van der Waals surface area (Å²) < 4.78 is 16.8. The Morgan fingerprint density at radius 3 is 2.04 bits per heavy atom.